The van der Waals surface area contributed by atoms with Crippen LogP contribution in [-0.2, 0) is 6.18 Å². The van der Waals surface area contributed by atoms with Crippen LogP contribution >= 0.6 is 31.9 Å². The van der Waals surface area contributed by atoms with Gasteiger partial charge in [0.1, 0.15) is 0 Å². The van der Waals surface area contributed by atoms with Crippen molar-refractivity contribution in [3.8, 4) is 0 Å². The Balaban J connectivity index is 3.57. The van der Waals surface area contributed by atoms with Gasteiger partial charge < -0.3 is 0 Å². The van der Waals surface area contributed by atoms with E-state index in [0.29, 0.717) is 0 Å². The lowest BCUT2D eigenvalue weighted by molar-refractivity contribution is -0.138. The predicted octanol–water partition coefficient (Wildman–Crippen LogP) is 4.43. The van der Waals surface area contributed by atoms with Crippen LogP contribution < -0.4 is 0 Å². The SMILES string of the molecule is CC(=O)c1ccc(Br)c(Br)c1C(F)(F)F. The number of halogens is 5. The molecule has 0 spiro atoms. The molecular weight excluding hydrogens is 341 g/mol. The van der Waals surface area contributed by atoms with Crippen LogP contribution in [0, 0.1) is 0 Å². The van der Waals surface area contributed by atoms with E-state index in [9.17, 15) is 18.0 Å². The smallest absolute Gasteiger partial charge is 0.294 e. The number of hydrogen-bond acceptors (Lipinski definition) is 1. The Labute approximate surface area is 101 Å². The van der Waals surface area contributed by atoms with Crippen LogP contribution in [0.15, 0.2) is 21.1 Å². The Bertz CT molecular complexity index is 413. The number of benzene rings is 1. The van der Waals surface area contributed by atoms with Gasteiger partial charge in [0.05, 0.1) is 5.56 Å². The summed E-state index contributed by atoms with van der Waals surface area (Å²) in [5.41, 5.74) is -1.28. The fourth-order valence-electron chi connectivity index (χ4n) is 1.12. The number of hydrogen-bond donors (Lipinski definition) is 0. The third-order valence-electron chi connectivity index (χ3n) is 1.76. The van der Waals surface area contributed by atoms with Crippen molar-refractivity contribution < 1.29 is 18.0 Å². The van der Waals surface area contributed by atoms with Gasteiger partial charge in [-0.1, -0.05) is 0 Å². The summed E-state index contributed by atoms with van der Waals surface area (Å²) in [7, 11) is 0. The zero-order valence-electron chi connectivity index (χ0n) is 7.45. The molecule has 82 valence electrons. The van der Waals surface area contributed by atoms with Gasteiger partial charge in [-0.15, -0.1) is 0 Å². The van der Waals surface area contributed by atoms with Crippen LogP contribution in [0.25, 0.3) is 0 Å². The summed E-state index contributed by atoms with van der Waals surface area (Å²) < 4.78 is 38.1. The molecule has 0 heterocycles. The van der Waals surface area contributed by atoms with E-state index in [1.54, 1.807) is 0 Å². The zero-order valence-corrected chi connectivity index (χ0v) is 10.6. The molecule has 6 heteroatoms. The molecule has 1 rings (SSSR count). The summed E-state index contributed by atoms with van der Waals surface area (Å²) >= 11 is 5.78. The van der Waals surface area contributed by atoms with Gasteiger partial charge >= 0.3 is 6.18 Å². The van der Waals surface area contributed by atoms with Crippen LogP contribution in [0.4, 0.5) is 13.2 Å². The van der Waals surface area contributed by atoms with Crippen molar-refractivity contribution in [2.75, 3.05) is 0 Å². The van der Waals surface area contributed by atoms with Crippen LogP contribution in [0.5, 0.6) is 0 Å². The first-order chi connectivity index (χ1) is 6.75. The van der Waals surface area contributed by atoms with E-state index in [1.807, 2.05) is 0 Å². The molecule has 0 saturated heterocycles. The Kier molecular flexibility index (Phi) is 3.60. The summed E-state index contributed by atoms with van der Waals surface area (Å²) in [5, 5.41) is 0. The molecule has 0 unspecified atom stereocenters. The van der Waals surface area contributed by atoms with Crippen LogP contribution in [0.1, 0.15) is 22.8 Å². The average Bonchev–Trinajstić information content (AvgIpc) is 2.06. The maximum absolute atomic E-state index is 12.6. The largest absolute Gasteiger partial charge is 0.418 e. The molecule has 0 aliphatic rings. The first kappa shape index (κ1) is 12.7. The number of ketones is 1. The second-order valence-corrected chi connectivity index (χ2v) is 4.49. The van der Waals surface area contributed by atoms with E-state index in [-0.39, 0.29) is 14.5 Å². The van der Waals surface area contributed by atoms with Crippen molar-refractivity contribution in [3.63, 3.8) is 0 Å². The van der Waals surface area contributed by atoms with E-state index in [0.717, 1.165) is 13.0 Å². The topological polar surface area (TPSA) is 17.1 Å². The van der Waals surface area contributed by atoms with Crippen molar-refractivity contribution in [1.82, 2.24) is 0 Å². The molecule has 15 heavy (non-hydrogen) atoms. The second-order valence-electron chi connectivity index (χ2n) is 2.84. The number of rotatable bonds is 1. The molecule has 0 amide bonds. The highest BCUT2D eigenvalue weighted by molar-refractivity contribution is 9.13. The van der Waals surface area contributed by atoms with Crippen molar-refractivity contribution in [3.05, 3.63) is 32.2 Å². The second kappa shape index (κ2) is 4.25. The molecule has 0 bridgehead atoms. The van der Waals surface area contributed by atoms with E-state index in [4.69, 9.17) is 0 Å². The van der Waals surface area contributed by atoms with Crippen LogP contribution in [0.2, 0.25) is 0 Å². The van der Waals surface area contributed by atoms with Crippen molar-refractivity contribution >= 4 is 37.6 Å². The lowest BCUT2D eigenvalue weighted by Crippen LogP contribution is -2.13. The highest BCUT2D eigenvalue weighted by Gasteiger charge is 2.37. The number of carbonyl (C=O) groups is 1. The van der Waals surface area contributed by atoms with E-state index >= 15 is 0 Å². The minimum Gasteiger partial charge on any atom is -0.294 e. The van der Waals surface area contributed by atoms with Gasteiger partial charge in [-0.2, -0.15) is 13.2 Å². The maximum Gasteiger partial charge on any atom is 0.418 e. The lowest BCUT2D eigenvalue weighted by Gasteiger charge is -2.13. The number of carbonyl (C=O) groups excluding carboxylic acids is 1. The summed E-state index contributed by atoms with van der Waals surface area (Å²) in [4.78, 5) is 11.0. The summed E-state index contributed by atoms with van der Waals surface area (Å²) in [6.45, 7) is 1.10. The minimum absolute atomic E-state index is 0.150. The highest BCUT2D eigenvalue weighted by atomic mass is 79.9. The van der Waals surface area contributed by atoms with Gasteiger partial charge in [0.25, 0.3) is 0 Å². The molecule has 0 aromatic heterocycles. The van der Waals surface area contributed by atoms with Gasteiger partial charge in [0.2, 0.25) is 0 Å². The van der Waals surface area contributed by atoms with Crippen molar-refractivity contribution in [2.45, 2.75) is 13.1 Å². The Morgan fingerprint density at radius 1 is 1.27 bits per heavy atom. The fraction of sp³-hybridized carbons (Fsp3) is 0.222. The molecule has 1 nitrogen and oxygen atoms in total. The normalized spacial score (nSPS) is 11.6. The lowest BCUT2D eigenvalue weighted by atomic mass is 10.0. The minimum atomic E-state index is -4.55. The maximum atomic E-state index is 12.6. The molecule has 0 N–H and O–H groups in total. The highest BCUT2D eigenvalue weighted by Crippen LogP contribution is 2.40. The molecule has 0 atom stereocenters. The zero-order chi connectivity index (χ0) is 11.8. The van der Waals surface area contributed by atoms with Gasteiger partial charge in [0, 0.05) is 14.5 Å². The fourth-order valence-corrected chi connectivity index (χ4v) is 2.02. The van der Waals surface area contributed by atoms with Crippen LogP contribution in [0.3, 0.4) is 0 Å². The summed E-state index contributed by atoms with van der Waals surface area (Å²) in [6.07, 6.45) is -4.55. The molecule has 0 saturated carbocycles. The molecule has 0 aliphatic heterocycles. The quantitative estimate of drug-likeness (QED) is 0.688. The number of alkyl halides is 3. The standard InChI is InChI=1S/C9H5Br2F3O/c1-4(15)5-2-3-6(10)8(11)7(5)9(12,13)14/h2-3H,1H3. The van der Waals surface area contributed by atoms with E-state index < -0.39 is 17.5 Å². The third kappa shape index (κ3) is 2.60. The Morgan fingerprint density at radius 3 is 2.20 bits per heavy atom. The monoisotopic (exact) mass is 344 g/mol. The van der Waals surface area contributed by atoms with Crippen LogP contribution in [-0.4, -0.2) is 5.78 Å². The molecular formula is C9H5Br2F3O. The molecule has 0 fully saturated rings. The Morgan fingerprint density at radius 2 is 1.80 bits per heavy atom. The molecule has 0 aliphatic carbocycles. The first-order valence-electron chi connectivity index (χ1n) is 3.81. The van der Waals surface area contributed by atoms with Gasteiger partial charge in [0.15, 0.2) is 5.78 Å². The van der Waals surface area contributed by atoms with E-state index in [1.165, 1.54) is 6.07 Å². The van der Waals surface area contributed by atoms with Crippen molar-refractivity contribution in [2.24, 2.45) is 0 Å². The predicted molar refractivity (Wildman–Crippen MR) is 56.8 cm³/mol. The van der Waals surface area contributed by atoms with Gasteiger partial charge in [-0.05, 0) is 50.9 Å². The van der Waals surface area contributed by atoms with E-state index in [2.05, 4.69) is 31.9 Å². The summed E-state index contributed by atoms with van der Waals surface area (Å²) in [6, 6.07) is 2.55. The van der Waals surface area contributed by atoms with Crippen molar-refractivity contribution in [1.29, 1.82) is 0 Å². The summed E-state index contributed by atoms with van der Waals surface area (Å²) in [5.74, 6) is -0.615. The van der Waals surface area contributed by atoms with Gasteiger partial charge in [-0.25, -0.2) is 0 Å². The average molecular weight is 346 g/mol. The first-order valence-corrected chi connectivity index (χ1v) is 5.40. The molecule has 0 radical (unpaired) electrons. The number of Topliss-reactive ketones (excluding diaryl/α,β-unsaturated/α-hetero) is 1. The molecule has 1 aromatic carbocycles. The molecule has 1 aromatic rings. The van der Waals surface area contributed by atoms with Gasteiger partial charge in [-0.3, -0.25) is 4.79 Å². The Hall–Kier alpha value is -0.360. The third-order valence-corrected chi connectivity index (χ3v) is 3.77.